The first kappa shape index (κ1) is 21.1. The topological polar surface area (TPSA) is 62.6 Å². The Hall–Kier alpha value is -2.75. The van der Waals surface area contributed by atoms with Gasteiger partial charge in [-0.15, -0.1) is 0 Å². The van der Waals surface area contributed by atoms with Crippen molar-refractivity contribution in [3.8, 4) is 6.07 Å². The second kappa shape index (κ2) is 8.65. The van der Waals surface area contributed by atoms with E-state index >= 15 is 0 Å². The van der Waals surface area contributed by atoms with Crippen molar-refractivity contribution in [3.63, 3.8) is 0 Å². The monoisotopic (exact) mass is 434 g/mol. The van der Waals surface area contributed by atoms with Gasteiger partial charge in [0.25, 0.3) is 0 Å². The number of fused-ring (bicyclic) bond motifs is 2. The second-order valence-corrected chi connectivity index (χ2v) is 9.23. The smallest absolute Gasteiger partial charge is 0.306 e. The van der Waals surface area contributed by atoms with E-state index in [0.717, 1.165) is 49.8 Å². The van der Waals surface area contributed by atoms with E-state index in [9.17, 15) is 14.4 Å². The van der Waals surface area contributed by atoms with E-state index in [1.807, 2.05) is 18.2 Å². The van der Waals surface area contributed by atoms with Crippen molar-refractivity contribution < 1.29 is 18.7 Å². The van der Waals surface area contributed by atoms with Crippen LogP contribution in [0.3, 0.4) is 0 Å². The van der Waals surface area contributed by atoms with E-state index in [4.69, 9.17) is 9.47 Å². The molecule has 3 aliphatic heterocycles. The summed E-state index contributed by atoms with van der Waals surface area (Å²) in [6.45, 7) is 1.28. The number of nitrogens with zero attached hydrogens (tertiary/aromatic N) is 2. The van der Waals surface area contributed by atoms with Crippen LogP contribution >= 0.6 is 0 Å². The average molecular weight is 435 g/mol. The van der Waals surface area contributed by atoms with Gasteiger partial charge >= 0.3 is 5.97 Å². The van der Waals surface area contributed by atoms with Crippen LogP contribution in [0, 0.1) is 17.1 Å². The molecular formula is C26H27FN2O3. The SMILES string of the molecule is N#Cc1cccc(C(OCCN2C3CCC2CC2(CCC(=O)O2)C3)c2cccc(F)c2)c1. The number of halogens is 1. The molecule has 0 N–H and O–H groups in total. The number of ether oxygens (including phenoxy) is 2. The van der Waals surface area contributed by atoms with Crippen LogP contribution in [0.1, 0.15) is 61.3 Å². The third kappa shape index (κ3) is 4.15. The average Bonchev–Trinajstić information content (AvgIpc) is 3.27. The molecule has 166 valence electrons. The molecule has 3 aliphatic rings. The number of esters is 1. The summed E-state index contributed by atoms with van der Waals surface area (Å²) in [5.74, 6) is -0.364. The highest BCUT2D eigenvalue weighted by atomic mass is 19.1. The van der Waals surface area contributed by atoms with E-state index < -0.39 is 6.10 Å². The Morgan fingerprint density at radius 1 is 1.16 bits per heavy atom. The number of piperidine rings is 1. The van der Waals surface area contributed by atoms with Crippen LogP contribution in [0.25, 0.3) is 0 Å². The highest BCUT2D eigenvalue weighted by Gasteiger charge is 2.52. The number of carbonyl (C=O) groups excluding carboxylic acids is 1. The first-order valence-corrected chi connectivity index (χ1v) is 11.4. The Kier molecular flexibility index (Phi) is 5.71. The third-order valence-corrected chi connectivity index (χ3v) is 7.21. The van der Waals surface area contributed by atoms with Gasteiger partial charge in [0.1, 0.15) is 17.5 Å². The highest BCUT2D eigenvalue weighted by molar-refractivity contribution is 5.72. The van der Waals surface area contributed by atoms with Crippen LogP contribution < -0.4 is 0 Å². The molecule has 2 aromatic rings. The molecule has 3 fully saturated rings. The minimum absolute atomic E-state index is 0.0567. The fourth-order valence-electron chi connectivity index (χ4n) is 5.82. The molecule has 5 nitrogen and oxygen atoms in total. The molecule has 3 saturated heterocycles. The van der Waals surface area contributed by atoms with E-state index in [1.54, 1.807) is 18.2 Å². The maximum atomic E-state index is 13.9. The van der Waals surface area contributed by atoms with Gasteiger partial charge in [0.2, 0.25) is 0 Å². The summed E-state index contributed by atoms with van der Waals surface area (Å²) >= 11 is 0. The Labute approximate surface area is 187 Å². The minimum Gasteiger partial charge on any atom is -0.459 e. The van der Waals surface area contributed by atoms with Crippen LogP contribution in [0.15, 0.2) is 48.5 Å². The van der Waals surface area contributed by atoms with Gasteiger partial charge in [-0.05, 0) is 54.7 Å². The normalized spacial score (nSPS) is 27.9. The summed E-state index contributed by atoms with van der Waals surface area (Å²) in [5.41, 5.74) is 1.88. The highest BCUT2D eigenvalue weighted by Crippen LogP contribution is 2.47. The molecule has 2 aromatic carbocycles. The van der Waals surface area contributed by atoms with E-state index in [0.29, 0.717) is 30.7 Å². The maximum absolute atomic E-state index is 13.9. The predicted molar refractivity (Wildman–Crippen MR) is 116 cm³/mol. The van der Waals surface area contributed by atoms with Gasteiger partial charge in [-0.3, -0.25) is 9.69 Å². The zero-order valence-corrected chi connectivity index (χ0v) is 18.0. The van der Waals surface area contributed by atoms with Crippen molar-refractivity contribution >= 4 is 5.97 Å². The molecule has 5 rings (SSSR count). The zero-order chi connectivity index (χ0) is 22.1. The van der Waals surface area contributed by atoms with Crippen molar-refractivity contribution in [2.45, 2.75) is 62.3 Å². The molecule has 3 atom stereocenters. The largest absolute Gasteiger partial charge is 0.459 e. The van der Waals surface area contributed by atoms with Crippen LogP contribution in [0.5, 0.6) is 0 Å². The van der Waals surface area contributed by atoms with Gasteiger partial charge in [-0.2, -0.15) is 5.26 Å². The number of hydrogen-bond acceptors (Lipinski definition) is 5. The lowest BCUT2D eigenvalue weighted by Crippen LogP contribution is -2.51. The molecule has 0 amide bonds. The molecule has 6 heteroatoms. The standard InChI is InChI=1S/C26H27FN2O3/c27-21-6-2-5-20(14-21)25(19-4-1-3-18(13-19)17-28)31-12-11-29-22-7-8-23(29)16-26(15-22)10-9-24(30)32-26/h1-6,13-14,22-23,25H,7-12,15-16H2. The molecule has 0 radical (unpaired) electrons. The van der Waals surface area contributed by atoms with Crippen LogP contribution in [-0.2, 0) is 14.3 Å². The second-order valence-electron chi connectivity index (χ2n) is 9.23. The Balaban J connectivity index is 1.28. The summed E-state index contributed by atoms with van der Waals surface area (Å²) in [5, 5.41) is 9.29. The lowest BCUT2D eigenvalue weighted by atomic mass is 9.84. The third-order valence-electron chi connectivity index (χ3n) is 7.21. The van der Waals surface area contributed by atoms with Gasteiger partial charge in [-0.1, -0.05) is 24.3 Å². The molecule has 0 aliphatic carbocycles. The van der Waals surface area contributed by atoms with Gasteiger partial charge in [0, 0.05) is 37.9 Å². The number of rotatable bonds is 6. The summed E-state index contributed by atoms with van der Waals surface area (Å²) in [6.07, 6.45) is 5.02. The summed E-state index contributed by atoms with van der Waals surface area (Å²) in [6, 6.07) is 16.8. The molecule has 0 aromatic heterocycles. The van der Waals surface area contributed by atoms with Crippen molar-refractivity contribution in [2.75, 3.05) is 13.2 Å². The van der Waals surface area contributed by atoms with E-state index in [1.165, 1.54) is 12.1 Å². The maximum Gasteiger partial charge on any atom is 0.306 e. The predicted octanol–water partition coefficient (Wildman–Crippen LogP) is 4.51. The fraction of sp³-hybridized carbons (Fsp3) is 0.462. The van der Waals surface area contributed by atoms with Gasteiger partial charge in [-0.25, -0.2) is 4.39 Å². The number of hydrogen-bond donors (Lipinski definition) is 0. The van der Waals surface area contributed by atoms with Crippen LogP contribution in [-0.4, -0.2) is 41.7 Å². The van der Waals surface area contributed by atoms with Gasteiger partial charge in [0.05, 0.1) is 18.2 Å². The van der Waals surface area contributed by atoms with Crippen molar-refractivity contribution in [2.24, 2.45) is 0 Å². The Morgan fingerprint density at radius 2 is 1.88 bits per heavy atom. The summed E-state index contributed by atoms with van der Waals surface area (Å²) in [4.78, 5) is 14.2. The van der Waals surface area contributed by atoms with Crippen molar-refractivity contribution in [1.82, 2.24) is 4.90 Å². The van der Waals surface area contributed by atoms with E-state index in [-0.39, 0.29) is 17.4 Å². The Morgan fingerprint density at radius 3 is 2.53 bits per heavy atom. The van der Waals surface area contributed by atoms with E-state index in [2.05, 4.69) is 11.0 Å². The van der Waals surface area contributed by atoms with Crippen LogP contribution in [0.4, 0.5) is 4.39 Å². The van der Waals surface area contributed by atoms with Crippen molar-refractivity contribution in [3.05, 3.63) is 71.0 Å². The minimum atomic E-state index is -0.441. The lowest BCUT2D eigenvalue weighted by molar-refractivity contribution is -0.154. The molecule has 32 heavy (non-hydrogen) atoms. The lowest BCUT2D eigenvalue weighted by Gasteiger charge is -2.43. The molecule has 3 unspecified atom stereocenters. The molecule has 2 bridgehead atoms. The fourth-order valence-corrected chi connectivity index (χ4v) is 5.82. The van der Waals surface area contributed by atoms with Crippen molar-refractivity contribution in [1.29, 1.82) is 5.26 Å². The molecular weight excluding hydrogens is 407 g/mol. The Bertz CT molecular complexity index is 1040. The van der Waals surface area contributed by atoms with Crippen LogP contribution in [0.2, 0.25) is 0 Å². The number of carbonyl (C=O) groups is 1. The number of nitriles is 1. The quantitative estimate of drug-likeness (QED) is 0.626. The zero-order valence-electron chi connectivity index (χ0n) is 18.0. The summed E-state index contributed by atoms with van der Waals surface area (Å²) < 4.78 is 26.0. The summed E-state index contributed by atoms with van der Waals surface area (Å²) in [7, 11) is 0. The first-order chi connectivity index (χ1) is 15.5. The van der Waals surface area contributed by atoms with Gasteiger partial charge in [0.15, 0.2) is 0 Å². The number of benzene rings is 2. The molecule has 3 heterocycles. The molecule has 1 spiro atoms. The first-order valence-electron chi connectivity index (χ1n) is 11.4. The van der Waals surface area contributed by atoms with Gasteiger partial charge < -0.3 is 9.47 Å². The molecule has 0 saturated carbocycles.